The van der Waals surface area contributed by atoms with Crippen LogP contribution in [0.2, 0.25) is 5.02 Å². The number of carbonyl (C=O) groups is 1. The van der Waals surface area contributed by atoms with Crippen LogP contribution in [0.3, 0.4) is 0 Å². The van der Waals surface area contributed by atoms with E-state index in [1.54, 1.807) is 4.90 Å². The quantitative estimate of drug-likeness (QED) is 0.831. The Morgan fingerprint density at radius 2 is 1.73 bits per heavy atom. The molecule has 0 saturated carbocycles. The number of benzene rings is 2. The topological polar surface area (TPSA) is 41.6 Å². The van der Waals surface area contributed by atoms with Crippen molar-refractivity contribution in [1.82, 2.24) is 10.2 Å². The highest BCUT2D eigenvalue weighted by atomic mass is 35.5. The number of hydrogen-bond acceptors (Lipinski definition) is 3. The van der Waals surface area contributed by atoms with Crippen LogP contribution >= 0.6 is 11.6 Å². The first kappa shape index (κ1) is 18.7. The lowest BCUT2D eigenvalue weighted by Crippen LogP contribution is -2.46. The lowest BCUT2D eigenvalue weighted by atomic mass is 9.95. The summed E-state index contributed by atoms with van der Waals surface area (Å²) >= 11 is 6.06. The number of amides is 1. The first-order chi connectivity index (χ1) is 12.7. The van der Waals surface area contributed by atoms with E-state index in [1.165, 1.54) is 11.1 Å². The lowest BCUT2D eigenvalue weighted by molar-refractivity contribution is 0.0945. The molecule has 1 aliphatic rings. The molecule has 2 aromatic carbocycles. The van der Waals surface area contributed by atoms with E-state index in [1.807, 2.05) is 25.1 Å². The maximum Gasteiger partial charge on any atom is 0.409 e. The Morgan fingerprint density at radius 1 is 1.12 bits per heavy atom. The van der Waals surface area contributed by atoms with Crippen molar-refractivity contribution in [3.63, 3.8) is 0 Å². The zero-order valence-corrected chi connectivity index (χ0v) is 15.8. The number of carbonyl (C=O) groups excluding carboxylic acids is 1. The van der Waals surface area contributed by atoms with Gasteiger partial charge in [-0.2, -0.15) is 0 Å². The molecule has 1 aliphatic heterocycles. The van der Waals surface area contributed by atoms with Crippen molar-refractivity contribution >= 4 is 17.7 Å². The average molecular weight is 373 g/mol. The fourth-order valence-corrected chi connectivity index (χ4v) is 3.49. The molecule has 0 aromatic heterocycles. The number of nitrogens with one attached hydrogen (secondary N) is 1. The van der Waals surface area contributed by atoms with E-state index >= 15 is 0 Å². The normalized spacial score (nSPS) is 16.3. The van der Waals surface area contributed by atoms with Crippen LogP contribution in [-0.2, 0) is 4.74 Å². The zero-order valence-electron chi connectivity index (χ0n) is 15.0. The van der Waals surface area contributed by atoms with Crippen LogP contribution in [0.4, 0.5) is 4.79 Å². The molecular weight excluding hydrogens is 348 g/mol. The fourth-order valence-electron chi connectivity index (χ4n) is 3.36. The Morgan fingerprint density at radius 3 is 2.35 bits per heavy atom. The number of nitrogens with zero attached hydrogens (tertiary/aromatic N) is 1. The summed E-state index contributed by atoms with van der Waals surface area (Å²) in [6.45, 7) is 3.70. The molecule has 1 saturated heterocycles. The van der Waals surface area contributed by atoms with E-state index in [9.17, 15) is 4.79 Å². The second-order valence-corrected chi connectivity index (χ2v) is 6.96. The van der Waals surface area contributed by atoms with E-state index in [0.717, 1.165) is 31.0 Å². The van der Waals surface area contributed by atoms with Gasteiger partial charge < -0.3 is 15.0 Å². The van der Waals surface area contributed by atoms with Crippen molar-refractivity contribution < 1.29 is 9.53 Å². The Hall–Kier alpha value is -2.04. The smallest absolute Gasteiger partial charge is 0.409 e. The highest BCUT2D eigenvalue weighted by Crippen LogP contribution is 2.26. The summed E-state index contributed by atoms with van der Waals surface area (Å²) in [6, 6.07) is 18.9. The van der Waals surface area contributed by atoms with Crippen LogP contribution in [0.1, 0.15) is 36.9 Å². The van der Waals surface area contributed by atoms with E-state index in [0.29, 0.717) is 12.6 Å². The van der Waals surface area contributed by atoms with Crippen LogP contribution in [0.5, 0.6) is 0 Å². The van der Waals surface area contributed by atoms with Gasteiger partial charge in [-0.05, 0) is 43.0 Å². The minimum Gasteiger partial charge on any atom is -0.450 e. The standard InChI is InChI=1S/C21H25ClN2O2/c1-2-26-21(25)24-14-12-19(13-15-24)23-20(16-6-4-3-5-7-16)17-8-10-18(22)11-9-17/h3-11,19-20,23H,2,12-15H2,1H3/t20-/m0/s1. The summed E-state index contributed by atoms with van der Waals surface area (Å²) in [5.74, 6) is 0. The van der Waals surface area contributed by atoms with Crippen LogP contribution in [0.25, 0.3) is 0 Å². The van der Waals surface area contributed by atoms with Crippen molar-refractivity contribution in [3.8, 4) is 0 Å². The Labute approximate surface area is 160 Å². The molecule has 138 valence electrons. The van der Waals surface area contributed by atoms with Gasteiger partial charge in [-0.25, -0.2) is 4.79 Å². The van der Waals surface area contributed by atoms with Crippen molar-refractivity contribution in [3.05, 3.63) is 70.7 Å². The molecule has 26 heavy (non-hydrogen) atoms. The Balaban J connectivity index is 1.69. The van der Waals surface area contributed by atoms with Gasteiger partial charge in [0.2, 0.25) is 0 Å². The van der Waals surface area contributed by atoms with Gasteiger partial charge in [-0.3, -0.25) is 0 Å². The number of piperidine rings is 1. The molecule has 1 amide bonds. The third-order valence-electron chi connectivity index (χ3n) is 4.76. The van der Waals surface area contributed by atoms with Crippen LogP contribution in [0, 0.1) is 0 Å². The van der Waals surface area contributed by atoms with Gasteiger partial charge in [0.05, 0.1) is 12.6 Å². The molecule has 1 heterocycles. The molecule has 1 atom stereocenters. The predicted octanol–water partition coefficient (Wildman–Crippen LogP) is 4.64. The molecule has 2 aromatic rings. The molecule has 0 bridgehead atoms. The second-order valence-electron chi connectivity index (χ2n) is 6.52. The highest BCUT2D eigenvalue weighted by molar-refractivity contribution is 6.30. The number of likely N-dealkylation sites (tertiary alicyclic amines) is 1. The summed E-state index contributed by atoms with van der Waals surface area (Å²) < 4.78 is 5.10. The second kappa shape index (κ2) is 9.06. The van der Waals surface area contributed by atoms with E-state index in [-0.39, 0.29) is 12.1 Å². The van der Waals surface area contributed by atoms with Gasteiger partial charge in [0.15, 0.2) is 0 Å². The summed E-state index contributed by atoms with van der Waals surface area (Å²) in [5, 5.41) is 4.52. The van der Waals surface area contributed by atoms with Gasteiger partial charge >= 0.3 is 6.09 Å². The lowest BCUT2D eigenvalue weighted by Gasteiger charge is -2.34. The summed E-state index contributed by atoms with van der Waals surface area (Å²) in [4.78, 5) is 13.7. The number of hydrogen-bond donors (Lipinski definition) is 1. The van der Waals surface area contributed by atoms with E-state index in [4.69, 9.17) is 16.3 Å². The molecule has 0 radical (unpaired) electrons. The third kappa shape index (κ3) is 4.77. The van der Waals surface area contributed by atoms with Crippen LogP contribution in [-0.4, -0.2) is 36.7 Å². The molecule has 3 rings (SSSR count). The number of ether oxygens (including phenoxy) is 1. The maximum absolute atomic E-state index is 11.9. The molecule has 1 fully saturated rings. The molecule has 4 nitrogen and oxygen atoms in total. The Kier molecular flexibility index (Phi) is 6.53. The number of rotatable bonds is 5. The molecule has 5 heteroatoms. The Bertz CT molecular complexity index is 698. The third-order valence-corrected chi connectivity index (χ3v) is 5.01. The molecule has 1 N–H and O–H groups in total. The first-order valence-electron chi connectivity index (χ1n) is 9.15. The fraction of sp³-hybridized carbons (Fsp3) is 0.381. The monoisotopic (exact) mass is 372 g/mol. The number of halogens is 1. The summed E-state index contributed by atoms with van der Waals surface area (Å²) in [6.07, 6.45) is 1.62. The van der Waals surface area contributed by atoms with Crippen LogP contribution in [0.15, 0.2) is 54.6 Å². The summed E-state index contributed by atoms with van der Waals surface area (Å²) in [5.41, 5.74) is 2.41. The predicted molar refractivity (Wildman–Crippen MR) is 104 cm³/mol. The van der Waals surface area contributed by atoms with Gasteiger partial charge in [-0.1, -0.05) is 54.1 Å². The zero-order chi connectivity index (χ0) is 18.4. The van der Waals surface area contributed by atoms with Crippen LogP contribution < -0.4 is 5.32 Å². The van der Waals surface area contributed by atoms with E-state index in [2.05, 4.69) is 41.7 Å². The van der Waals surface area contributed by atoms with Crippen molar-refractivity contribution in [2.45, 2.75) is 31.8 Å². The molecule has 0 spiro atoms. The minimum atomic E-state index is -0.205. The SMILES string of the molecule is CCOC(=O)N1CCC(N[C@@H](c2ccccc2)c2ccc(Cl)cc2)CC1. The molecule has 0 aliphatic carbocycles. The average Bonchev–Trinajstić information content (AvgIpc) is 2.68. The molecular formula is C21H25ClN2O2. The highest BCUT2D eigenvalue weighted by Gasteiger charge is 2.26. The summed E-state index contributed by atoms with van der Waals surface area (Å²) in [7, 11) is 0. The minimum absolute atomic E-state index is 0.104. The van der Waals surface area contributed by atoms with Gasteiger partial charge in [0.25, 0.3) is 0 Å². The van der Waals surface area contributed by atoms with Crippen molar-refractivity contribution in [2.24, 2.45) is 0 Å². The van der Waals surface area contributed by atoms with Gasteiger partial charge in [-0.15, -0.1) is 0 Å². The van der Waals surface area contributed by atoms with E-state index < -0.39 is 0 Å². The first-order valence-corrected chi connectivity index (χ1v) is 9.53. The molecule has 0 unspecified atom stereocenters. The maximum atomic E-state index is 11.9. The van der Waals surface area contributed by atoms with Gasteiger partial charge in [0.1, 0.15) is 0 Å². The largest absolute Gasteiger partial charge is 0.450 e. The van der Waals surface area contributed by atoms with Crippen molar-refractivity contribution in [2.75, 3.05) is 19.7 Å². The van der Waals surface area contributed by atoms with Crippen molar-refractivity contribution in [1.29, 1.82) is 0 Å². The van der Waals surface area contributed by atoms with Gasteiger partial charge in [0, 0.05) is 24.2 Å².